The number of hydrogen-bond acceptors (Lipinski definition) is 4. The Kier molecular flexibility index (Phi) is 6.56. The lowest BCUT2D eigenvalue weighted by molar-refractivity contribution is -0.138. The molecule has 1 aromatic heterocycles. The highest BCUT2D eigenvalue weighted by molar-refractivity contribution is 5.76. The second-order valence-electron chi connectivity index (χ2n) is 8.73. The first-order valence-electron chi connectivity index (χ1n) is 10.9. The van der Waals surface area contributed by atoms with Crippen LogP contribution in [0.3, 0.4) is 0 Å². The zero-order valence-electron chi connectivity index (χ0n) is 18.2. The van der Waals surface area contributed by atoms with Crippen molar-refractivity contribution in [3.8, 4) is 0 Å². The molecule has 1 saturated carbocycles. The lowest BCUT2D eigenvalue weighted by Gasteiger charge is -2.37. The molecule has 8 heteroatoms. The first-order chi connectivity index (χ1) is 15.0. The summed E-state index contributed by atoms with van der Waals surface area (Å²) in [4.78, 5) is 28.3. The van der Waals surface area contributed by atoms with E-state index in [9.17, 15) is 9.59 Å². The van der Waals surface area contributed by atoms with Gasteiger partial charge in [-0.3, -0.25) is 9.48 Å². The third-order valence-electron chi connectivity index (χ3n) is 6.44. The fraction of sp³-hybridized carbons (Fsp3) is 0.522. The van der Waals surface area contributed by atoms with Gasteiger partial charge in [0.15, 0.2) is 0 Å². The van der Waals surface area contributed by atoms with Gasteiger partial charge in [-0.2, -0.15) is 5.10 Å². The van der Waals surface area contributed by atoms with E-state index >= 15 is 0 Å². The SMILES string of the molecule is CN(C)C(=O)CO[C@H]1C[C@@H]2CN(C(=O)NCc3ccccc3)C[C@@H]2C[C@@H]1n1cccn1. The number of carbonyl (C=O) groups excluding carboxylic acids is 2. The normalized spacial score (nSPS) is 25.2. The van der Waals surface area contributed by atoms with Crippen molar-refractivity contribution in [1.29, 1.82) is 0 Å². The van der Waals surface area contributed by atoms with Gasteiger partial charge >= 0.3 is 6.03 Å². The number of ether oxygens (including phenoxy) is 1. The number of aromatic nitrogens is 2. The number of hydrogen-bond donors (Lipinski definition) is 1. The number of carbonyl (C=O) groups is 2. The predicted molar refractivity (Wildman–Crippen MR) is 116 cm³/mol. The largest absolute Gasteiger partial charge is 0.366 e. The first-order valence-corrected chi connectivity index (χ1v) is 10.9. The van der Waals surface area contributed by atoms with Gasteiger partial charge in [-0.15, -0.1) is 0 Å². The maximum atomic E-state index is 12.8. The van der Waals surface area contributed by atoms with Crippen LogP contribution in [0.5, 0.6) is 0 Å². The highest BCUT2D eigenvalue weighted by Gasteiger charge is 2.44. The number of urea groups is 1. The average molecular weight is 426 g/mol. The van der Waals surface area contributed by atoms with Gasteiger partial charge in [0.05, 0.1) is 12.1 Å². The van der Waals surface area contributed by atoms with Crippen LogP contribution in [0, 0.1) is 11.8 Å². The number of amides is 3. The molecule has 0 bridgehead atoms. The molecule has 1 aliphatic heterocycles. The van der Waals surface area contributed by atoms with Crippen LogP contribution < -0.4 is 5.32 Å². The van der Waals surface area contributed by atoms with Crippen molar-refractivity contribution >= 4 is 11.9 Å². The van der Waals surface area contributed by atoms with Crippen molar-refractivity contribution in [1.82, 2.24) is 24.9 Å². The Labute approximate surface area is 183 Å². The van der Waals surface area contributed by atoms with Crippen LogP contribution in [-0.4, -0.2) is 71.4 Å². The van der Waals surface area contributed by atoms with Gasteiger partial charge in [0.25, 0.3) is 0 Å². The Morgan fingerprint density at radius 3 is 2.55 bits per heavy atom. The number of likely N-dealkylation sites (tertiary alicyclic amines) is 1. The zero-order chi connectivity index (χ0) is 21.8. The fourth-order valence-corrected chi connectivity index (χ4v) is 4.68. The summed E-state index contributed by atoms with van der Waals surface area (Å²) >= 11 is 0. The molecule has 4 atom stereocenters. The minimum atomic E-state index is -0.0996. The molecule has 1 aliphatic carbocycles. The van der Waals surface area contributed by atoms with Crippen LogP contribution in [0.2, 0.25) is 0 Å². The van der Waals surface area contributed by atoms with Crippen molar-refractivity contribution in [2.45, 2.75) is 31.5 Å². The molecule has 0 unspecified atom stereocenters. The smallest absolute Gasteiger partial charge is 0.317 e. The number of benzene rings is 1. The quantitative estimate of drug-likeness (QED) is 0.769. The predicted octanol–water partition coefficient (Wildman–Crippen LogP) is 2.15. The molecule has 0 radical (unpaired) electrons. The van der Waals surface area contributed by atoms with E-state index < -0.39 is 0 Å². The molecule has 1 N–H and O–H groups in total. The minimum Gasteiger partial charge on any atom is -0.366 e. The molecular formula is C23H31N5O3. The third kappa shape index (κ3) is 5.07. The molecule has 0 spiro atoms. The Bertz CT molecular complexity index is 871. The molecule has 31 heavy (non-hydrogen) atoms. The second-order valence-corrected chi connectivity index (χ2v) is 8.73. The van der Waals surface area contributed by atoms with Crippen molar-refractivity contribution < 1.29 is 14.3 Å². The van der Waals surface area contributed by atoms with Gasteiger partial charge in [0.1, 0.15) is 6.61 Å². The van der Waals surface area contributed by atoms with Crippen molar-refractivity contribution in [2.24, 2.45) is 11.8 Å². The van der Waals surface area contributed by atoms with Gasteiger partial charge in [0, 0.05) is 46.1 Å². The molecule has 8 nitrogen and oxygen atoms in total. The average Bonchev–Trinajstić information content (AvgIpc) is 3.45. The number of nitrogens with zero attached hydrogens (tertiary/aromatic N) is 4. The van der Waals surface area contributed by atoms with E-state index in [1.54, 1.807) is 25.2 Å². The van der Waals surface area contributed by atoms with Gasteiger partial charge < -0.3 is 19.9 Å². The van der Waals surface area contributed by atoms with Gasteiger partial charge in [-0.05, 0) is 36.3 Å². The van der Waals surface area contributed by atoms with Crippen LogP contribution >= 0.6 is 0 Å². The molecule has 166 valence electrons. The monoisotopic (exact) mass is 425 g/mol. The zero-order valence-corrected chi connectivity index (χ0v) is 18.2. The summed E-state index contributed by atoms with van der Waals surface area (Å²) in [5.41, 5.74) is 1.09. The Hall–Kier alpha value is -2.87. The Morgan fingerprint density at radius 1 is 1.13 bits per heavy atom. The summed E-state index contributed by atoms with van der Waals surface area (Å²) in [5.74, 6) is 0.726. The molecule has 2 heterocycles. The van der Waals surface area contributed by atoms with E-state index in [4.69, 9.17) is 4.74 Å². The summed E-state index contributed by atoms with van der Waals surface area (Å²) in [5, 5.41) is 7.47. The Balaban J connectivity index is 1.38. The molecule has 3 amide bonds. The molecular weight excluding hydrogens is 394 g/mol. The highest BCUT2D eigenvalue weighted by atomic mass is 16.5. The molecule has 4 rings (SSSR count). The molecule has 1 aromatic carbocycles. The third-order valence-corrected chi connectivity index (χ3v) is 6.44. The summed E-state index contributed by atoms with van der Waals surface area (Å²) in [6.45, 7) is 2.05. The van der Waals surface area contributed by atoms with E-state index in [-0.39, 0.29) is 30.7 Å². The lowest BCUT2D eigenvalue weighted by atomic mass is 9.77. The van der Waals surface area contributed by atoms with Gasteiger partial charge in [-0.1, -0.05) is 30.3 Å². The summed E-state index contributed by atoms with van der Waals surface area (Å²) in [6, 6.07) is 11.9. The summed E-state index contributed by atoms with van der Waals surface area (Å²) in [7, 11) is 3.47. The highest BCUT2D eigenvalue weighted by Crippen LogP contribution is 2.42. The first kappa shape index (κ1) is 21.4. The fourth-order valence-electron chi connectivity index (χ4n) is 4.68. The molecule has 1 saturated heterocycles. The lowest BCUT2D eigenvalue weighted by Crippen LogP contribution is -2.40. The number of likely N-dealkylation sites (N-methyl/N-ethyl adjacent to an activating group) is 1. The molecule has 2 aliphatic rings. The second kappa shape index (κ2) is 9.51. The Morgan fingerprint density at radius 2 is 1.87 bits per heavy atom. The molecule has 2 aromatic rings. The summed E-state index contributed by atoms with van der Waals surface area (Å²) < 4.78 is 8.02. The van der Waals surface area contributed by atoms with Gasteiger partial charge in [0.2, 0.25) is 5.91 Å². The number of rotatable bonds is 6. The maximum absolute atomic E-state index is 12.8. The van der Waals surface area contributed by atoms with Crippen LogP contribution in [0.1, 0.15) is 24.4 Å². The van der Waals surface area contributed by atoms with Crippen LogP contribution in [0.15, 0.2) is 48.8 Å². The van der Waals surface area contributed by atoms with Gasteiger partial charge in [-0.25, -0.2) is 4.79 Å². The van der Waals surface area contributed by atoms with E-state index in [2.05, 4.69) is 10.4 Å². The van der Waals surface area contributed by atoms with Crippen LogP contribution in [-0.2, 0) is 16.1 Å². The van der Waals surface area contributed by atoms with Crippen molar-refractivity contribution in [3.05, 3.63) is 54.4 Å². The van der Waals surface area contributed by atoms with E-state index in [1.165, 1.54) is 0 Å². The number of fused-ring (bicyclic) bond motifs is 1. The topological polar surface area (TPSA) is 79.7 Å². The van der Waals surface area contributed by atoms with E-state index in [1.807, 2.05) is 52.2 Å². The molecule has 2 fully saturated rings. The maximum Gasteiger partial charge on any atom is 0.317 e. The number of nitrogens with one attached hydrogen (secondary N) is 1. The van der Waals surface area contributed by atoms with Crippen LogP contribution in [0.4, 0.5) is 4.79 Å². The van der Waals surface area contributed by atoms with Crippen molar-refractivity contribution in [2.75, 3.05) is 33.8 Å². The van der Waals surface area contributed by atoms with Crippen LogP contribution in [0.25, 0.3) is 0 Å². The minimum absolute atomic E-state index is 0.0193. The summed E-state index contributed by atoms with van der Waals surface area (Å²) in [6.07, 6.45) is 5.33. The van der Waals surface area contributed by atoms with E-state index in [0.29, 0.717) is 18.4 Å². The standard InChI is InChI=1S/C23H31N5O3/c1-26(2)22(29)16-31-21-12-19-15-27(23(30)24-13-17-7-4-3-5-8-17)14-18(19)11-20(21)28-10-6-9-25-28/h3-10,18-21H,11-16H2,1-2H3,(H,24,30)/t18-,19+,20-,21-/m0/s1. The van der Waals surface area contributed by atoms with E-state index in [0.717, 1.165) is 31.5 Å². The van der Waals surface area contributed by atoms with Crippen molar-refractivity contribution in [3.63, 3.8) is 0 Å².